The normalized spacial score (nSPS) is 22.9. The Bertz CT molecular complexity index is 711. The van der Waals surface area contributed by atoms with Gasteiger partial charge in [0.25, 0.3) is 0 Å². The summed E-state index contributed by atoms with van der Waals surface area (Å²) < 4.78 is 28.1. The first-order valence-electron chi connectivity index (χ1n) is 9.56. The van der Waals surface area contributed by atoms with Gasteiger partial charge in [-0.3, -0.25) is 4.90 Å². The minimum Gasteiger partial charge on any atom is -0.354 e. The molecule has 0 amide bonds. The second-order valence-electron chi connectivity index (χ2n) is 7.35. The summed E-state index contributed by atoms with van der Waals surface area (Å²) in [5, 5.41) is 0. The summed E-state index contributed by atoms with van der Waals surface area (Å²) in [5.41, 5.74) is 0.297. The first kappa shape index (κ1) is 22.9. The first-order valence-corrected chi connectivity index (χ1v) is 9.56. The van der Waals surface area contributed by atoms with Gasteiger partial charge in [0.1, 0.15) is 17.5 Å². The van der Waals surface area contributed by atoms with Crippen LogP contribution in [0.3, 0.4) is 0 Å². The molecule has 2 aromatic rings. The zero-order chi connectivity index (χ0) is 17.9. The zero-order valence-corrected chi connectivity index (χ0v) is 17.4. The van der Waals surface area contributed by atoms with E-state index in [1.54, 1.807) is 0 Å². The maximum absolute atomic E-state index is 14.0. The van der Waals surface area contributed by atoms with Crippen LogP contribution >= 0.6 is 24.8 Å². The molecule has 2 aliphatic rings. The van der Waals surface area contributed by atoms with E-state index in [4.69, 9.17) is 0 Å². The van der Waals surface area contributed by atoms with E-state index >= 15 is 0 Å². The third-order valence-electron chi connectivity index (χ3n) is 5.91. The van der Waals surface area contributed by atoms with Gasteiger partial charge in [-0.15, -0.1) is 24.8 Å². The van der Waals surface area contributed by atoms with E-state index in [9.17, 15) is 8.78 Å². The summed E-state index contributed by atoms with van der Waals surface area (Å²) in [6.45, 7) is 4.03. The highest BCUT2D eigenvalue weighted by atomic mass is 35.5. The van der Waals surface area contributed by atoms with Crippen molar-refractivity contribution in [3.63, 3.8) is 0 Å². The maximum atomic E-state index is 14.0. The van der Waals surface area contributed by atoms with Crippen molar-refractivity contribution in [3.8, 4) is 0 Å². The van der Waals surface area contributed by atoms with E-state index in [0.29, 0.717) is 11.6 Å². The monoisotopic (exact) mass is 429 g/mol. The number of nitrogens with zero attached hydrogens (tertiary/aromatic N) is 3. The van der Waals surface area contributed by atoms with E-state index in [2.05, 4.69) is 20.9 Å². The van der Waals surface area contributed by atoms with Gasteiger partial charge in [-0.25, -0.2) is 13.8 Å². The molecule has 2 heterocycles. The molecule has 0 unspecified atom stereocenters. The molecule has 7 heteroatoms. The Hall–Kier alpha value is -1.43. The average molecular weight is 430 g/mol. The smallest absolute Gasteiger partial charge is 0.129 e. The number of rotatable bonds is 3. The Morgan fingerprint density at radius 3 is 2.00 bits per heavy atom. The molecule has 1 aromatic carbocycles. The fraction of sp³-hybridized carbons (Fsp3) is 0.476. The van der Waals surface area contributed by atoms with Gasteiger partial charge in [0, 0.05) is 44.0 Å². The fourth-order valence-corrected chi connectivity index (χ4v) is 4.49. The number of benzene rings is 1. The van der Waals surface area contributed by atoms with E-state index < -0.39 is 11.6 Å². The fourth-order valence-electron chi connectivity index (χ4n) is 4.49. The number of aromatic nitrogens is 1. The van der Waals surface area contributed by atoms with Crippen LogP contribution in [0, 0.1) is 11.6 Å². The highest BCUT2D eigenvalue weighted by molar-refractivity contribution is 5.85. The summed E-state index contributed by atoms with van der Waals surface area (Å²) in [6.07, 6.45) is 5.60. The van der Waals surface area contributed by atoms with Crippen LogP contribution in [-0.4, -0.2) is 42.1 Å². The molecular formula is C21H27Cl2F2N3. The molecule has 0 spiro atoms. The molecule has 4 rings (SSSR count). The number of halogens is 4. The van der Waals surface area contributed by atoms with Crippen molar-refractivity contribution < 1.29 is 8.78 Å². The topological polar surface area (TPSA) is 19.4 Å². The third kappa shape index (κ3) is 4.94. The second-order valence-corrected chi connectivity index (χ2v) is 7.35. The molecule has 28 heavy (non-hydrogen) atoms. The Morgan fingerprint density at radius 1 is 0.786 bits per heavy atom. The molecule has 1 saturated heterocycles. The predicted molar refractivity (Wildman–Crippen MR) is 114 cm³/mol. The molecular weight excluding hydrogens is 403 g/mol. The number of hydrogen-bond donors (Lipinski definition) is 0. The van der Waals surface area contributed by atoms with Gasteiger partial charge in [0.15, 0.2) is 0 Å². The Balaban J connectivity index is 0.00000140. The molecule has 3 nitrogen and oxygen atoms in total. The van der Waals surface area contributed by atoms with Gasteiger partial charge in [-0.05, 0) is 55.9 Å². The van der Waals surface area contributed by atoms with Crippen LogP contribution in [0.15, 0.2) is 42.6 Å². The van der Waals surface area contributed by atoms with Crippen molar-refractivity contribution in [3.05, 3.63) is 59.8 Å². The Kier molecular flexibility index (Phi) is 8.47. The van der Waals surface area contributed by atoms with Crippen molar-refractivity contribution >= 4 is 30.6 Å². The SMILES string of the molecule is Cl.Cl.Fc1cccc(F)c1C1CCC(N2CCN(c3ccccn3)CC2)CC1. The third-order valence-corrected chi connectivity index (χ3v) is 5.91. The Morgan fingerprint density at radius 2 is 1.43 bits per heavy atom. The molecule has 0 N–H and O–H groups in total. The summed E-state index contributed by atoms with van der Waals surface area (Å²) in [6, 6.07) is 10.8. The molecule has 1 saturated carbocycles. The summed E-state index contributed by atoms with van der Waals surface area (Å²) in [7, 11) is 0. The van der Waals surface area contributed by atoms with Gasteiger partial charge in [0.2, 0.25) is 0 Å². The van der Waals surface area contributed by atoms with E-state index in [0.717, 1.165) is 57.7 Å². The van der Waals surface area contributed by atoms with Crippen LogP contribution in [0.2, 0.25) is 0 Å². The number of anilines is 1. The standard InChI is InChI=1S/C21H25F2N3.2ClH/c22-18-4-3-5-19(23)21(18)16-7-9-17(10-8-16)25-12-14-26(15-13-25)20-6-1-2-11-24-20;;/h1-6,11,16-17H,7-10,12-15H2;2*1H. The second kappa shape index (κ2) is 10.4. The highest BCUT2D eigenvalue weighted by Crippen LogP contribution is 2.37. The lowest BCUT2D eigenvalue weighted by Crippen LogP contribution is -2.51. The van der Waals surface area contributed by atoms with Gasteiger partial charge < -0.3 is 4.90 Å². The first-order chi connectivity index (χ1) is 12.7. The van der Waals surface area contributed by atoms with Crippen LogP contribution in [0.25, 0.3) is 0 Å². The van der Waals surface area contributed by atoms with Gasteiger partial charge in [-0.2, -0.15) is 0 Å². The quantitative estimate of drug-likeness (QED) is 0.679. The Labute approximate surface area is 178 Å². The maximum Gasteiger partial charge on any atom is 0.129 e. The van der Waals surface area contributed by atoms with Crippen LogP contribution in [0.1, 0.15) is 37.2 Å². The molecule has 0 atom stereocenters. The largest absolute Gasteiger partial charge is 0.354 e. The number of piperazine rings is 1. The van der Waals surface area contributed by atoms with Crippen molar-refractivity contribution in [2.75, 3.05) is 31.1 Å². The summed E-state index contributed by atoms with van der Waals surface area (Å²) in [4.78, 5) is 9.32. The molecule has 0 bridgehead atoms. The van der Waals surface area contributed by atoms with Crippen LogP contribution < -0.4 is 4.90 Å². The molecule has 154 valence electrons. The molecule has 1 aliphatic carbocycles. The molecule has 0 radical (unpaired) electrons. The minimum absolute atomic E-state index is 0. The summed E-state index contributed by atoms with van der Waals surface area (Å²) >= 11 is 0. The average Bonchev–Trinajstić information content (AvgIpc) is 2.69. The van der Waals surface area contributed by atoms with E-state index in [1.165, 1.54) is 18.2 Å². The zero-order valence-electron chi connectivity index (χ0n) is 15.8. The van der Waals surface area contributed by atoms with Crippen LogP contribution in [0.4, 0.5) is 14.6 Å². The van der Waals surface area contributed by atoms with Crippen molar-refractivity contribution in [2.24, 2.45) is 0 Å². The van der Waals surface area contributed by atoms with Crippen molar-refractivity contribution in [1.82, 2.24) is 9.88 Å². The van der Waals surface area contributed by atoms with Crippen LogP contribution in [0.5, 0.6) is 0 Å². The van der Waals surface area contributed by atoms with Crippen LogP contribution in [-0.2, 0) is 0 Å². The van der Waals surface area contributed by atoms with Gasteiger partial charge in [-0.1, -0.05) is 12.1 Å². The van der Waals surface area contributed by atoms with E-state index in [1.807, 2.05) is 18.3 Å². The number of pyridine rings is 1. The predicted octanol–water partition coefficient (Wildman–Crippen LogP) is 5.05. The van der Waals surface area contributed by atoms with Gasteiger partial charge >= 0.3 is 0 Å². The summed E-state index contributed by atoms with van der Waals surface area (Å²) in [5.74, 6) is 0.281. The lowest BCUT2D eigenvalue weighted by molar-refractivity contribution is 0.140. The minimum atomic E-state index is -0.391. The van der Waals surface area contributed by atoms with Gasteiger partial charge in [0.05, 0.1) is 0 Å². The lowest BCUT2D eigenvalue weighted by Gasteiger charge is -2.42. The molecule has 1 aliphatic heterocycles. The van der Waals surface area contributed by atoms with E-state index in [-0.39, 0.29) is 30.7 Å². The van der Waals surface area contributed by atoms with Crippen molar-refractivity contribution in [2.45, 2.75) is 37.6 Å². The lowest BCUT2D eigenvalue weighted by atomic mass is 9.80. The highest BCUT2D eigenvalue weighted by Gasteiger charge is 2.31. The molecule has 2 fully saturated rings. The number of hydrogen-bond acceptors (Lipinski definition) is 3. The molecule has 1 aromatic heterocycles. The van der Waals surface area contributed by atoms with Crippen molar-refractivity contribution in [1.29, 1.82) is 0 Å².